The highest BCUT2D eigenvalue weighted by Crippen LogP contribution is 2.45. The van der Waals surface area contributed by atoms with Crippen molar-refractivity contribution < 1.29 is 14.6 Å². The molecule has 1 aliphatic carbocycles. The van der Waals surface area contributed by atoms with Crippen LogP contribution in [0.2, 0.25) is 0 Å². The van der Waals surface area contributed by atoms with Gasteiger partial charge in [0.1, 0.15) is 5.75 Å². The van der Waals surface area contributed by atoms with Crippen LogP contribution >= 0.6 is 0 Å². The van der Waals surface area contributed by atoms with Gasteiger partial charge in [-0.05, 0) is 67.2 Å². The number of aromatic carboxylic acids is 1. The SMILES string of the molecule is CCOc1ccc(C(=O)O)c(C2CC(C)CCC2C(C)C)c1. The summed E-state index contributed by atoms with van der Waals surface area (Å²) in [4.78, 5) is 11.7. The Morgan fingerprint density at radius 3 is 2.68 bits per heavy atom. The van der Waals surface area contributed by atoms with Crippen molar-refractivity contribution in [1.82, 2.24) is 0 Å². The van der Waals surface area contributed by atoms with Gasteiger partial charge in [0.25, 0.3) is 0 Å². The third-order valence-corrected chi connectivity index (χ3v) is 4.99. The number of hydrogen-bond acceptors (Lipinski definition) is 2. The number of hydrogen-bond donors (Lipinski definition) is 1. The lowest BCUT2D eigenvalue weighted by molar-refractivity contribution is 0.0692. The zero-order chi connectivity index (χ0) is 16.3. The van der Waals surface area contributed by atoms with Gasteiger partial charge in [0.2, 0.25) is 0 Å². The van der Waals surface area contributed by atoms with Crippen molar-refractivity contribution in [3.63, 3.8) is 0 Å². The van der Waals surface area contributed by atoms with Crippen molar-refractivity contribution in [2.45, 2.75) is 52.9 Å². The summed E-state index contributed by atoms with van der Waals surface area (Å²) in [6.45, 7) is 9.32. The Labute approximate surface area is 133 Å². The topological polar surface area (TPSA) is 46.5 Å². The normalized spacial score (nSPS) is 25.2. The Kier molecular flexibility index (Phi) is 5.49. The first-order valence-corrected chi connectivity index (χ1v) is 8.44. The van der Waals surface area contributed by atoms with Crippen molar-refractivity contribution in [2.75, 3.05) is 6.61 Å². The van der Waals surface area contributed by atoms with Crippen LogP contribution in [-0.4, -0.2) is 17.7 Å². The first-order valence-electron chi connectivity index (χ1n) is 8.44. The first kappa shape index (κ1) is 16.9. The number of rotatable bonds is 5. The molecule has 1 N–H and O–H groups in total. The van der Waals surface area contributed by atoms with Crippen LogP contribution in [-0.2, 0) is 0 Å². The summed E-state index contributed by atoms with van der Waals surface area (Å²) in [5.41, 5.74) is 1.40. The van der Waals surface area contributed by atoms with Crippen LogP contribution in [0.15, 0.2) is 18.2 Å². The van der Waals surface area contributed by atoms with Crippen molar-refractivity contribution in [2.24, 2.45) is 17.8 Å². The van der Waals surface area contributed by atoms with E-state index in [-0.39, 0.29) is 0 Å². The lowest BCUT2D eigenvalue weighted by atomic mass is 9.67. The summed E-state index contributed by atoms with van der Waals surface area (Å²) < 4.78 is 5.60. The maximum atomic E-state index is 11.7. The molecule has 0 aliphatic heterocycles. The number of carbonyl (C=O) groups is 1. The summed E-state index contributed by atoms with van der Waals surface area (Å²) in [7, 11) is 0. The largest absolute Gasteiger partial charge is 0.494 e. The van der Waals surface area contributed by atoms with Gasteiger partial charge >= 0.3 is 5.97 Å². The second-order valence-corrected chi connectivity index (χ2v) is 6.92. The summed E-state index contributed by atoms with van der Waals surface area (Å²) in [6.07, 6.45) is 3.49. The van der Waals surface area contributed by atoms with Crippen LogP contribution in [0.1, 0.15) is 68.8 Å². The van der Waals surface area contributed by atoms with E-state index in [9.17, 15) is 9.90 Å². The van der Waals surface area contributed by atoms with Gasteiger partial charge in [-0.2, -0.15) is 0 Å². The molecule has 3 atom stereocenters. The Bertz CT molecular complexity index is 521. The van der Waals surface area contributed by atoms with Crippen LogP contribution < -0.4 is 4.74 Å². The minimum atomic E-state index is -0.834. The molecule has 0 spiro atoms. The van der Waals surface area contributed by atoms with Crippen molar-refractivity contribution in [1.29, 1.82) is 0 Å². The average molecular weight is 304 g/mol. The molecule has 1 fully saturated rings. The molecule has 3 heteroatoms. The van der Waals surface area contributed by atoms with Gasteiger partial charge in [-0.1, -0.05) is 27.2 Å². The fourth-order valence-electron chi connectivity index (χ4n) is 3.86. The summed E-state index contributed by atoms with van der Waals surface area (Å²) >= 11 is 0. The molecular formula is C19H28O3. The van der Waals surface area contributed by atoms with Crippen molar-refractivity contribution in [3.8, 4) is 5.75 Å². The predicted octanol–water partition coefficient (Wildman–Crippen LogP) is 4.96. The number of benzene rings is 1. The fraction of sp³-hybridized carbons (Fsp3) is 0.632. The maximum absolute atomic E-state index is 11.7. The molecule has 3 unspecified atom stereocenters. The predicted molar refractivity (Wildman–Crippen MR) is 88.7 cm³/mol. The van der Waals surface area contributed by atoms with Crippen LogP contribution in [0.25, 0.3) is 0 Å². The Morgan fingerprint density at radius 1 is 1.36 bits per heavy atom. The molecule has 2 rings (SSSR count). The second kappa shape index (κ2) is 7.17. The highest BCUT2D eigenvalue weighted by Gasteiger charge is 2.34. The molecule has 1 aliphatic rings. The van der Waals surface area contributed by atoms with Crippen LogP contribution in [0.3, 0.4) is 0 Å². The van der Waals surface area contributed by atoms with Crippen molar-refractivity contribution >= 4 is 5.97 Å². The molecule has 1 saturated carbocycles. The van der Waals surface area contributed by atoms with E-state index in [1.165, 1.54) is 12.8 Å². The fourth-order valence-corrected chi connectivity index (χ4v) is 3.86. The van der Waals surface area contributed by atoms with Gasteiger partial charge in [0.05, 0.1) is 12.2 Å². The summed E-state index contributed by atoms with van der Waals surface area (Å²) in [5.74, 6) is 2.02. The second-order valence-electron chi connectivity index (χ2n) is 6.92. The average Bonchev–Trinajstić information content (AvgIpc) is 2.46. The van der Waals surface area contributed by atoms with Gasteiger partial charge in [-0.25, -0.2) is 4.79 Å². The van der Waals surface area contributed by atoms with Gasteiger partial charge in [-0.15, -0.1) is 0 Å². The minimum absolute atomic E-state index is 0.315. The lowest BCUT2D eigenvalue weighted by Crippen LogP contribution is -2.27. The molecule has 3 nitrogen and oxygen atoms in total. The van der Waals surface area contributed by atoms with Crippen molar-refractivity contribution in [3.05, 3.63) is 29.3 Å². The highest BCUT2D eigenvalue weighted by atomic mass is 16.5. The highest BCUT2D eigenvalue weighted by molar-refractivity contribution is 5.90. The standard InChI is InChI=1S/C19H28O3/c1-5-22-14-7-9-16(19(20)21)18(11-14)17-10-13(4)6-8-15(17)12(2)3/h7,9,11-13,15,17H,5-6,8,10H2,1-4H3,(H,20,21). The first-order chi connectivity index (χ1) is 10.4. The number of carboxylic acids is 1. The molecule has 0 bridgehead atoms. The third-order valence-electron chi connectivity index (χ3n) is 4.99. The van der Waals surface area contributed by atoms with Gasteiger partial charge in [-0.3, -0.25) is 0 Å². The molecule has 122 valence electrons. The lowest BCUT2D eigenvalue weighted by Gasteiger charge is -2.38. The molecule has 0 radical (unpaired) electrons. The molecule has 0 aromatic heterocycles. The van der Waals surface area contributed by atoms with Crippen LogP contribution in [0.5, 0.6) is 5.75 Å². The summed E-state index contributed by atoms with van der Waals surface area (Å²) in [5, 5.41) is 9.57. The Balaban J connectivity index is 2.45. The number of ether oxygens (including phenoxy) is 1. The van der Waals surface area contributed by atoms with E-state index in [4.69, 9.17) is 4.74 Å². The van der Waals surface area contributed by atoms with Crippen LogP contribution in [0.4, 0.5) is 0 Å². The zero-order valence-corrected chi connectivity index (χ0v) is 14.1. The molecular weight excluding hydrogens is 276 g/mol. The van der Waals surface area contributed by atoms with E-state index < -0.39 is 5.97 Å². The quantitative estimate of drug-likeness (QED) is 0.836. The molecule has 0 heterocycles. The Morgan fingerprint density at radius 2 is 2.09 bits per heavy atom. The van der Waals surface area contributed by atoms with E-state index in [0.717, 1.165) is 17.7 Å². The van der Waals surface area contributed by atoms with Gasteiger partial charge in [0.15, 0.2) is 0 Å². The zero-order valence-electron chi connectivity index (χ0n) is 14.1. The molecule has 0 saturated heterocycles. The smallest absolute Gasteiger partial charge is 0.335 e. The monoisotopic (exact) mass is 304 g/mol. The van der Waals surface area contributed by atoms with E-state index in [1.807, 2.05) is 13.0 Å². The van der Waals surface area contributed by atoms with Gasteiger partial charge in [0, 0.05) is 0 Å². The Hall–Kier alpha value is -1.51. The van der Waals surface area contributed by atoms with E-state index in [1.54, 1.807) is 12.1 Å². The molecule has 1 aromatic carbocycles. The van der Waals surface area contributed by atoms with E-state index in [2.05, 4.69) is 20.8 Å². The van der Waals surface area contributed by atoms with E-state index in [0.29, 0.717) is 35.8 Å². The minimum Gasteiger partial charge on any atom is -0.494 e. The maximum Gasteiger partial charge on any atom is 0.335 e. The van der Waals surface area contributed by atoms with Crippen LogP contribution in [0, 0.1) is 17.8 Å². The molecule has 1 aromatic rings. The third kappa shape index (κ3) is 3.63. The van der Waals surface area contributed by atoms with E-state index >= 15 is 0 Å². The molecule has 0 amide bonds. The summed E-state index contributed by atoms with van der Waals surface area (Å²) in [6, 6.07) is 5.44. The number of carboxylic acid groups (broad SMARTS) is 1. The van der Waals surface area contributed by atoms with Gasteiger partial charge < -0.3 is 9.84 Å². The molecule has 22 heavy (non-hydrogen) atoms.